The highest BCUT2D eigenvalue weighted by molar-refractivity contribution is 5.76. The Morgan fingerprint density at radius 1 is 1.43 bits per heavy atom. The van der Waals surface area contributed by atoms with Gasteiger partial charge in [-0.3, -0.25) is 4.79 Å². The van der Waals surface area contributed by atoms with Crippen LogP contribution in [0.1, 0.15) is 25.7 Å². The van der Waals surface area contributed by atoms with Crippen LogP contribution < -0.4 is 5.32 Å². The van der Waals surface area contributed by atoms with Crippen molar-refractivity contribution in [3.63, 3.8) is 0 Å². The lowest BCUT2D eigenvalue weighted by atomic mass is 10.3. The van der Waals surface area contributed by atoms with Crippen LogP contribution in [0.2, 0.25) is 0 Å². The Kier molecular flexibility index (Phi) is 3.03. The summed E-state index contributed by atoms with van der Waals surface area (Å²) in [6, 6.07) is 0.673. The lowest BCUT2D eigenvalue weighted by Crippen LogP contribution is -2.32. The lowest BCUT2D eigenvalue weighted by Gasteiger charge is -2.15. The first-order valence-electron chi connectivity index (χ1n) is 5.45. The number of nitrogens with one attached hydrogen (secondary N) is 1. The monoisotopic (exact) mass is 198 g/mol. The maximum atomic E-state index is 11.6. The molecule has 1 aliphatic heterocycles. The minimum absolute atomic E-state index is 0.176. The van der Waals surface area contributed by atoms with Crippen LogP contribution in [0, 0.1) is 0 Å². The number of hydrogen-bond acceptors (Lipinski definition) is 3. The zero-order chi connectivity index (χ0) is 9.97. The maximum absolute atomic E-state index is 11.6. The minimum Gasteiger partial charge on any atom is -0.391 e. The van der Waals surface area contributed by atoms with Crippen molar-refractivity contribution in [2.45, 2.75) is 37.8 Å². The number of carbonyl (C=O) groups excluding carboxylic acids is 1. The first kappa shape index (κ1) is 9.93. The Labute approximate surface area is 84.3 Å². The molecule has 0 aromatic rings. The highest BCUT2D eigenvalue weighted by Crippen LogP contribution is 2.18. The van der Waals surface area contributed by atoms with E-state index in [1.165, 1.54) is 12.8 Å². The molecule has 1 amide bonds. The molecule has 14 heavy (non-hydrogen) atoms. The van der Waals surface area contributed by atoms with Crippen LogP contribution in [-0.4, -0.2) is 47.7 Å². The summed E-state index contributed by atoms with van der Waals surface area (Å²) in [5, 5.41) is 12.6. The predicted molar refractivity (Wildman–Crippen MR) is 52.8 cm³/mol. The Morgan fingerprint density at radius 3 is 2.79 bits per heavy atom. The minimum atomic E-state index is -0.296. The average Bonchev–Trinajstić information content (AvgIpc) is 2.87. The molecule has 2 N–H and O–H groups in total. The maximum Gasteiger partial charge on any atom is 0.223 e. The molecular formula is C10H18N2O2. The van der Waals surface area contributed by atoms with E-state index in [1.54, 1.807) is 4.90 Å². The van der Waals surface area contributed by atoms with Gasteiger partial charge in [-0.05, 0) is 19.3 Å². The van der Waals surface area contributed by atoms with Crippen LogP contribution >= 0.6 is 0 Å². The number of rotatable bonds is 4. The summed E-state index contributed by atoms with van der Waals surface area (Å²) in [7, 11) is 0. The molecule has 1 atom stereocenters. The van der Waals surface area contributed by atoms with Gasteiger partial charge >= 0.3 is 0 Å². The van der Waals surface area contributed by atoms with Gasteiger partial charge in [0.15, 0.2) is 0 Å². The normalized spacial score (nSPS) is 26.9. The zero-order valence-electron chi connectivity index (χ0n) is 8.41. The Bertz CT molecular complexity index is 216. The fourth-order valence-corrected chi connectivity index (χ4v) is 1.80. The largest absolute Gasteiger partial charge is 0.391 e. The Hall–Kier alpha value is -0.610. The van der Waals surface area contributed by atoms with Gasteiger partial charge in [0.1, 0.15) is 0 Å². The second-order valence-corrected chi connectivity index (χ2v) is 4.26. The zero-order valence-corrected chi connectivity index (χ0v) is 8.41. The molecule has 0 spiro atoms. The lowest BCUT2D eigenvalue weighted by molar-refractivity contribution is -0.130. The van der Waals surface area contributed by atoms with E-state index in [-0.39, 0.29) is 12.0 Å². The molecule has 2 aliphatic rings. The molecule has 80 valence electrons. The summed E-state index contributed by atoms with van der Waals surface area (Å²) in [5.74, 6) is 0.176. The molecular weight excluding hydrogens is 180 g/mol. The van der Waals surface area contributed by atoms with Crippen molar-refractivity contribution in [3.05, 3.63) is 0 Å². The van der Waals surface area contributed by atoms with Crippen molar-refractivity contribution in [1.29, 1.82) is 0 Å². The van der Waals surface area contributed by atoms with Crippen LogP contribution in [0.5, 0.6) is 0 Å². The van der Waals surface area contributed by atoms with Gasteiger partial charge < -0.3 is 15.3 Å². The average molecular weight is 198 g/mol. The van der Waals surface area contributed by atoms with Crippen molar-refractivity contribution in [1.82, 2.24) is 10.2 Å². The van der Waals surface area contributed by atoms with Gasteiger partial charge in [-0.15, -0.1) is 0 Å². The molecule has 0 radical (unpaired) electrons. The molecule has 0 aromatic heterocycles. The summed E-state index contributed by atoms with van der Waals surface area (Å²) < 4.78 is 0. The number of carbonyl (C=O) groups is 1. The van der Waals surface area contributed by atoms with Crippen LogP contribution in [0.25, 0.3) is 0 Å². The molecule has 0 aromatic carbocycles. The molecule has 4 nitrogen and oxygen atoms in total. The van der Waals surface area contributed by atoms with Gasteiger partial charge in [-0.2, -0.15) is 0 Å². The van der Waals surface area contributed by atoms with E-state index in [0.717, 1.165) is 19.5 Å². The van der Waals surface area contributed by atoms with E-state index >= 15 is 0 Å². The molecule has 1 saturated heterocycles. The molecule has 4 heteroatoms. The van der Waals surface area contributed by atoms with E-state index in [9.17, 15) is 9.90 Å². The summed E-state index contributed by atoms with van der Waals surface area (Å²) >= 11 is 0. The SMILES string of the molecule is O=C(CCNC1CC1)N1CC[C@@H](O)C1. The standard InChI is InChI=1S/C10H18N2O2/c13-9-4-6-12(7-9)10(14)3-5-11-8-1-2-8/h8-9,11,13H,1-7H2/t9-/m1/s1. The number of amides is 1. The van der Waals surface area contributed by atoms with Crippen molar-refractivity contribution in [2.75, 3.05) is 19.6 Å². The second kappa shape index (κ2) is 4.28. The third-order valence-corrected chi connectivity index (χ3v) is 2.87. The van der Waals surface area contributed by atoms with Crippen LogP contribution in [-0.2, 0) is 4.79 Å². The van der Waals surface area contributed by atoms with Gasteiger partial charge in [0.25, 0.3) is 0 Å². The van der Waals surface area contributed by atoms with Gasteiger partial charge in [0, 0.05) is 32.1 Å². The van der Waals surface area contributed by atoms with Gasteiger partial charge in [0.2, 0.25) is 5.91 Å². The molecule has 1 aliphatic carbocycles. The third kappa shape index (κ3) is 2.69. The number of aliphatic hydroxyl groups excluding tert-OH is 1. The predicted octanol–water partition coefficient (Wildman–Crippen LogP) is -0.278. The van der Waals surface area contributed by atoms with E-state index in [1.807, 2.05) is 0 Å². The summed E-state index contributed by atoms with van der Waals surface area (Å²) in [4.78, 5) is 13.3. The van der Waals surface area contributed by atoms with Crippen LogP contribution in [0.15, 0.2) is 0 Å². The quantitative estimate of drug-likeness (QED) is 0.653. The van der Waals surface area contributed by atoms with E-state index in [4.69, 9.17) is 0 Å². The molecule has 1 heterocycles. The third-order valence-electron chi connectivity index (χ3n) is 2.87. The summed E-state index contributed by atoms with van der Waals surface area (Å²) in [6.07, 6.45) is 3.54. The number of aliphatic hydroxyl groups is 1. The smallest absolute Gasteiger partial charge is 0.223 e. The second-order valence-electron chi connectivity index (χ2n) is 4.26. The molecule has 2 fully saturated rings. The van der Waals surface area contributed by atoms with Crippen molar-refractivity contribution >= 4 is 5.91 Å². The van der Waals surface area contributed by atoms with Crippen molar-refractivity contribution < 1.29 is 9.90 Å². The van der Waals surface area contributed by atoms with Crippen molar-refractivity contribution in [2.24, 2.45) is 0 Å². The molecule has 1 saturated carbocycles. The van der Waals surface area contributed by atoms with Gasteiger partial charge in [0.05, 0.1) is 6.10 Å². The Balaban J connectivity index is 1.61. The first-order valence-corrected chi connectivity index (χ1v) is 5.45. The fourth-order valence-electron chi connectivity index (χ4n) is 1.80. The highest BCUT2D eigenvalue weighted by atomic mass is 16.3. The van der Waals surface area contributed by atoms with Gasteiger partial charge in [-0.25, -0.2) is 0 Å². The molecule has 2 rings (SSSR count). The highest BCUT2D eigenvalue weighted by Gasteiger charge is 2.25. The fraction of sp³-hybridized carbons (Fsp3) is 0.900. The number of likely N-dealkylation sites (tertiary alicyclic amines) is 1. The number of nitrogens with zero attached hydrogens (tertiary/aromatic N) is 1. The van der Waals surface area contributed by atoms with Crippen LogP contribution in [0.3, 0.4) is 0 Å². The topological polar surface area (TPSA) is 52.6 Å². The Morgan fingerprint density at radius 2 is 2.21 bits per heavy atom. The summed E-state index contributed by atoms with van der Waals surface area (Å²) in [5.41, 5.74) is 0. The number of β-amino-alcohol motifs (C(OH)–C–C–N with tert-alkyl or cyclic N) is 1. The summed E-state index contributed by atoms with van der Waals surface area (Å²) in [6.45, 7) is 2.04. The van der Waals surface area contributed by atoms with E-state index in [2.05, 4.69) is 5.32 Å². The first-order chi connectivity index (χ1) is 6.75. The van der Waals surface area contributed by atoms with Gasteiger partial charge in [-0.1, -0.05) is 0 Å². The van der Waals surface area contributed by atoms with Crippen LogP contribution in [0.4, 0.5) is 0 Å². The molecule has 0 unspecified atom stereocenters. The molecule has 0 bridgehead atoms. The van der Waals surface area contributed by atoms with Crippen molar-refractivity contribution in [3.8, 4) is 0 Å². The van der Waals surface area contributed by atoms with E-state index < -0.39 is 0 Å². The van der Waals surface area contributed by atoms with E-state index in [0.29, 0.717) is 19.0 Å². The number of hydrogen-bond donors (Lipinski definition) is 2.